The van der Waals surface area contributed by atoms with Crippen LogP contribution in [0.5, 0.6) is 0 Å². The molecule has 0 radical (unpaired) electrons. The van der Waals surface area contributed by atoms with Gasteiger partial charge in [-0.2, -0.15) is 0 Å². The minimum absolute atomic E-state index is 0.155. The molecule has 2 aromatic heterocycles. The van der Waals surface area contributed by atoms with Crippen LogP contribution in [0.3, 0.4) is 0 Å². The summed E-state index contributed by atoms with van der Waals surface area (Å²) in [5, 5.41) is 0.708. The first kappa shape index (κ1) is 24.5. The maximum atomic E-state index is 6.38. The van der Waals surface area contributed by atoms with Gasteiger partial charge in [-0.3, -0.25) is 0 Å². The Hall–Kier alpha value is -0.580. The quantitative estimate of drug-likeness (QED) is 0.393. The van der Waals surface area contributed by atoms with Crippen LogP contribution in [-0.4, -0.2) is 27.3 Å². The molecule has 2 nitrogen and oxygen atoms in total. The first-order valence-corrected chi connectivity index (χ1v) is 16.5. The molecule has 0 bridgehead atoms. The molecule has 180 valence electrons. The van der Waals surface area contributed by atoms with E-state index in [1.807, 2.05) is 12.5 Å². The van der Waals surface area contributed by atoms with Gasteiger partial charge < -0.3 is 0 Å². The van der Waals surface area contributed by atoms with Gasteiger partial charge in [0.2, 0.25) is 0 Å². The average Bonchev–Trinajstić information content (AvgIpc) is 3.48. The summed E-state index contributed by atoms with van der Waals surface area (Å²) >= 11 is 0. The third kappa shape index (κ3) is 4.29. The van der Waals surface area contributed by atoms with Crippen molar-refractivity contribution >= 4 is 26.2 Å². The van der Waals surface area contributed by atoms with Crippen molar-refractivity contribution in [3.8, 4) is 0 Å². The molecular weight excluding hydrogens is 430 g/mol. The summed E-state index contributed by atoms with van der Waals surface area (Å²) in [5.74, 6) is 0.766. The van der Waals surface area contributed by atoms with Gasteiger partial charge in [0.1, 0.15) is 0 Å². The Kier molecular flexibility index (Phi) is 7.08. The summed E-state index contributed by atoms with van der Waals surface area (Å²) in [6.45, 7) is 17.6. The molecule has 2 heterocycles. The van der Waals surface area contributed by atoms with Crippen molar-refractivity contribution in [3.63, 3.8) is 0 Å². The van der Waals surface area contributed by atoms with Crippen LogP contribution in [-0.2, 0) is 0 Å². The van der Waals surface area contributed by atoms with Crippen LogP contribution < -0.4 is 11.0 Å². The van der Waals surface area contributed by atoms with Gasteiger partial charge in [0, 0.05) is 0 Å². The van der Waals surface area contributed by atoms with E-state index in [-0.39, 0.29) is 7.92 Å². The average molecular weight is 477 g/mol. The molecule has 0 amide bonds. The van der Waals surface area contributed by atoms with Gasteiger partial charge in [0.05, 0.1) is 0 Å². The normalized spacial score (nSPS) is 25.0. The third-order valence-corrected chi connectivity index (χ3v) is 18.5. The molecule has 4 heteroatoms. The molecule has 4 rings (SSSR count). The topological polar surface area (TPSA) is 26.3 Å². The molecule has 2 fully saturated rings. The van der Waals surface area contributed by atoms with E-state index in [2.05, 4.69) is 72.7 Å². The van der Waals surface area contributed by atoms with Gasteiger partial charge in [-0.25, -0.2) is 0 Å². The fraction of sp³-hybridized carbons (Fsp3) is 0.714. The molecule has 32 heavy (non-hydrogen) atoms. The molecular formula is C28H46O2P2. The van der Waals surface area contributed by atoms with Crippen LogP contribution in [0.25, 0.3) is 0 Å². The van der Waals surface area contributed by atoms with Crippen LogP contribution in [0.2, 0.25) is 0 Å². The van der Waals surface area contributed by atoms with E-state index in [4.69, 9.17) is 8.83 Å². The minimum atomic E-state index is -2.19. The molecule has 3 atom stereocenters. The molecule has 0 aliphatic heterocycles. The second-order valence-electron chi connectivity index (χ2n) is 12.5. The monoisotopic (exact) mass is 476 g/mol. The van der Waals surface area contributed by atoms with Gasteiger partial charge in [-0.15, -0.1) is 0 Å². The van der Waals surface area contributed by atoms with Crippen molar-refractivity contribution in [1.82, 2.24) is 0 Å². The number of hydrogen-bond donors (Lipinski definition) is 0. The van der Waals surface area contributed by atoms with Crippen LogP contribution in [0, 0.1) is 5.92 Å². The van der Waals surface area contributed by atoms with Gasteiger partial charge in [-0.05, 0) is 0 Å². The van der Waals surface area contributed by atoms with Crippen LogP contribution >= 0.6 is 15.2 Å². The van der Waals surface area contributed by atoms with Crippen molar-refractivity contribution < 1.29 is 8.83 Å². The van der Waals surface area contributed by atoms with Crippen LogP contribution in [0.15, 0.2) is 45.6 Å². The Morgan fingerprint density at radius 2 is 1.34 bits per heavy atom. The van der Waals surface area contributed by atoms with Gasteiger partial charge in [0.15, 0.2) is 0 Å². The predicted octanol–water partition coefficient (Wildman–Crippen LogP) is 8.15. The standard InChI is InChI=1S/C28H46O2P2/c1-21(31(27(2,3)4)28(5,6)7)23-15-10-16-24(23)32(22-13-8-9-14-22,25-17-11-19-29-25)26-18-12-20-30-26/h11-12,17-24,32H,8-10,13-16H2,1-7H3/t21?,23-,24-/m0/s1. The zero-order chi connectivity index (χ0) is 23.1. The summed E-state index contributed by atoms with van der Waals surface area (Å²) in [5.41, 5.74) is 4.79. The molecule has 2 aliphatic rings. The molecule has 2 aliphatic carbocycles. The Bertz CT molecular complexity index is 787. The Morgan fingerprint density at radius 3 is 1.78 bits per heavy atom. The Morgan fingerprint density at radius 1 is 0.812 bits per heavy atom. The summed E-state index contributed by atoms with van der Waals surface area (Å²) < 4.78 is 12.8. The van der Waals surface area contributed by atoms with Gasteiger partial charge in [-0.1, -0.05) is 0 Å². The van der Waals surface area contributed by atoms with E-state index in [1.54, 1.807) is 0 Å². The molecule has 0 spiro atoms. The van der Waals surface area contributed by atoms with Crippen molar-refractivity contribution in [2.24, 2.45) is 5.92 Å². The van der Waals surface area contributed by atoms with Crippen molar-refractivity contribution in [1.29, 1.82) is 0 Å². The van der Waals surface area contributed by atoms with Gasteiger partial charge in [0.25, 0.3) is 0 Å². The van der Waals surface area contributed by atoms with E-state index in [0.717, 1.165) is 17.2 Å². The summed E-state index contributed by atoms with van der Waals surface area (Å²) in [7, 11) is -2.34. The SMILES string of the molecule is CC([C@@H]1CCC[C@@H]1[PH](c1ccco1)(c1ccco1)C1CCCC1)P(C(C)(C)C)C(C)(C)C. The van der Waals surface area contributed by atoms with E-state index in [1.165, 1.54) is 55.9 Å². The predicted molar refractivity (Wildman–Crippen MR) is 144 cm³/mol. The second-order valence-corrected chi connectivity index (χ2v) is 21.0. The third-order valence-electron chi connectivity index (χ3n) is 8.48. The van der Waals surface area contributed by atoms with E-state index < -0.39 is 7.26 Å². The molecule has 0 saturated heterocycles. The Balaban J connectivity index is 1.84. The molecule has 0 aromatic carbocycles. The van der Waals surface area contributed by atoms with Crippen LogP contribution in [0.1, 0.15) is 93.4 Å². The number of hydrogen-bond acceptors (Lipinski definition) is 2. The first-order chi connectivity index (χ1) is 15.1. The maximum absolute atomic E-state index is 6.38. The number of rotatable bonds is 6. The van der Waals surface area contributed by atoms with Gasteiger partial charge >= 0.3 is 198 Å². The van der Waals surface area contributed by atoms with E-state index in [0.29, 0.717) is 16.0 Å². The van der Waals surface area contributed by atoms with E-state index >= 15 is 0 Å². The summed E-state index contributed by atoms with van der Waals surface area (Å²) in [6, 6.07) is 8.87. The number of furan rings is 2. The Labute approximate surface area is 198 Å². The zero-order valence-corrected chi connectivity index (χ0v) is 23.4. The van der Waals surface area contributed by atoms with Crippen molar-refractivity contribution in [2.45, 2.75) is 121 Å². The van der Waals surface area contributed by atoms with E-state index in [9.17, 15) is 0 Å². The molecule has 1 unspecified atom stereocenters. The second kappa shape index (κ2) is 9.23. The summed E-state index contributed by atoms with van der Waals surface area (Å²) in [6.07, 6.45) is 13.3. The fourth-order valence-electron chi connectivity index (χ4n) is 8.15. The fourth-order valence-corrected chi connectivity index (χ4v) is 20.3. The zero-order valence-electron chi connectivity index (χ0n) is 21.5. The first-order valence-electron chi connectivity index (χ1n) is 13.0. The van der Waals surface area contributed by atoms with Crippen molar-refractivity contribution in [3.05, 3.63) is 36.8 Å². The molecule has 0 N–H and O–H groups in total. The van der Waals surface area contributed by atoms with Crippen LogP contribution in [0.4, 0.5) is 0 Å². The molecule has 2 aromatic rings. The molecule has 2 saturated carbocycles. The van der Waals surface area contributed by atoms with Crippen molar-refractivity contribution in [2.75, 3.05) is 0 Å². The summed E-state index contributed by atoms with van der Waals surface area (Å²) in [4.78, 5) is 0.